The largest absolute Gasteiger partial charge is 0.494 e. The topological polar surface area (TPSA) is 85.9 Å². The van der Waals surface area contributed by atoms with E-state index in [2.05, 4.69) is 50.2 Å². The molecule has 48 heavy (non-hydrogen) atoms. The fourth-order valence-electron chi connectivity index (χ4n) is 5.73. The first kappa shape index (κ1) is 41.3. The smallest absolute Gasteiger partial charge is 0.269 e. The Balaban J connectivity index is 1.52. The lowest BCUT2D eigenvalue weighted by Crippen LogP contribution is -2.42. The van der Waals surface area contributed by atoms with Crippen LogP contribution in [0.5, 0.6) is 11.5 Å². The third kappa shape index (κ3) is 19.8. The van der Waals surface area contributed by atoms with Crippen molar-refractivity contribution in [1.29, 1.82) is 0 Å². The second-order valence-electron chi connectivity index (χ2n) is 14.4. The number of hydrazine groups is 1. The van der Waals surface area contributed by atoms with Crippen molar-refractivity contribution in [3.63, 3.8) is 0 Å². The maximum atomic E-state index is 12.5. The fraction of sp³-hybridized carbons (Fsp3) is 0.590. The Morgan fingerprint density at radius 2 is 0.958 bits per heavy atom. The van der Waals surface area contributed by atoms with Gasteiger partial charge in [0, 0.05) is 11.1 Å². The van der Waals surface area contributed by atoms with E-state index in [0.717, 1.165) is 43.6 Å². The van der Waals surface area contributed by atoms with Crippen LogP contribution < -0.4 is 20.3 Å². The van der Waals surface area contributed by atoms with Gasteiger partial charge in [0.2, 0.25) is 0 Å². The van der Waals surface area contributed by atoms with E-state index in [1.165, 1.54) is 70.3 Å². The molecular weight excluding hydrogens is 633 g/mol. The third-order valence-electron chi connectivity index (χ3n) is 8.12. The van der Waals surface area contributed by atoms with E-state index in [-0.39, 0.29) is 11.8 Å². The molecule has 268 valence electrons. The molecule has 0 aliphatic heterocycles. The molecule has 0 heterocycles. The van der Waals surface area contributed by atoms with E-state index in [9.17, 15) is 9.59 Å². The summed E-state index contributed by atoms with van der Waals surface area (Å²) in [6.07, 6.45) is 20.2. The van der Waals surface area contributed by atoms with Crippen LogP contribution in [0.3, 0.4) is 0 Å². The Kier molecular flexibility index (Phi) is 20.2. The van der Waals surface area contributed by atoms with Crippen LogP contribution in [0, 0.1) is 0 Å². The highest BCUT2D eigenvalue weighted by Crippen LogP contribution is 2.22. The van der Waals surface area contributed by atoms with Gasteiger partial charge in [-0.15, -0.1) is 6.58 Å². The van der Waals surface area contributed by atoms with Gasteiger partial charge in [-0.3, -0.25) is 20.4 Å². The van der Waals surface area contributed by atoms with Gasteiger partial charge >= 0.3 is 0 Å². The number of benzene rings is 2. The summed E-state index contributed by atoms with van der Waals surface area (Å²) in [6, 6.07) is 15.2. The van der Waals surface area contributed by atoms with Crippen molar-refractivity contribution >= 4 is 28.4 Å². The fourth-order valence-corrected chi connectivity index (χ4v) is 13.9. The van der Waals surface area contributed by atoms with Crippen LogP contribution in [-0.2, 0) is 4.12 Å². The van der Waals surface area contributed by atoms with Gasteiger partial charge < -0.3 is 13.6 Å². The molecule has 0 fully saturated rings. The highest BCUT2D eigenvalue weighted by atomic mass is 28.4. The summed E-state index contributed by atoms with van der Waals surface area (Å²) in [6.45, 7) is 16.7. The monoisotopic (exact) mass is 696 g/mol. The Labute approximate surface area is 293 Å². The number of unbranched alkanes of at least 4 members (excludes halogenated alkanes) is 13. The van der Waals surface area contributed by atoms with Crippen LogP contribution in [0.1, 0.15) is 117 Å². The molecule has 0 aromatic heterocycles. The molecule has 2 rings (SSSR count). The molecule has 2 aromatic carbocycles. The highest BCUT2D eigenvalue weighted by molar-refractivity contribution is 6.84. The molecule has 0 aliphatic carbocycles. The van der Waals surface area contributed by atoms with Crippen LogP contribution in [0.25, 0.3) is 0 Å². The number of allylic oxidation sites excluding steroid dienone is 1. The lowest BCUT2D eigenvalue weighted by Gasteiger charge is -2.31. The third-order valence-corrected chi connectivity index (χ3v) is 14.3. The van der Waals surface area contributed by atoms with E-state index in [4.69, 9.17) is 13.6 Å². The standard InChI is InChI=1S/C39H64N2O5Si2/c1-7-8-9-10-11-14-17-20-31-44-36-27-23-34(24-28-36)38(42)40-41-39(43)35-25-29-37(30-26-35)45-32-21-18-15-12-13-16-19-22-33-48(5,6)46-47(2,3)4/h7,23-30H,1,8-22,31-33H2,2-6H3,(H,40,42)(H,41,43). The lowest BCUT2D eigenvalue weighted by atomic mass is 10.1. The average Bonchev–Trinajstić information content (AvgIpc) is 3.04. The molecule has 0 spiro atoms. The number of hydrogen-bond donors (Lipinski definition) is 2. The number of ether oxygens (including phenoxy) is 2. The first-order chi connectivity index (χ1) is 23.0. The van der Waals surface area contributed by atoms with E-state index >= 15 is 0 Å². The molecule has 0 atom stereocenters. The lowest BCUT2D eigenvalue weighted by molar-refractivity contribution is 0.0846. The van der Waals surface area contributed by atoms with Crippen molar-refractivity contribution in [3.8, 4) is 11.5 Å². The minimum atomic E-state index is -1.49. The summed E-state index contributed by atoms with van der Waals surface area (Å²) in [5.74, 6) is 0.692. The number of carbonyl (C=O) groups is 2. The van der Waals surface area contributed by atoms with Crippen LogP contribution in [0.15, 0.2) is 61.2 Å². The first-order valence-corrected chi connectivity index (χ1v) is 24.9. The number of rotatable bonds is 26. The van der Waals surface area contributed by atoms with Gasteiger partial charge in [0.25, 0.3) is 11.8 Å². The van der Waals surface area contributed by atoms with E-state index < -0.39 is 16.6 Å². The molecule has 0 bridgehead atoms. The number of hydrogen-bond acceptors (Lipinski definition) is 5. The molecule has 0 aliphatic rings. The van der Waals surface area contributed by atoms with E-state index in [0.29, 0.717) is 24.3 Å². The summed E-state index contributed by atoms with van der Waals surface area (Å²) < 4.78 is 18.1. The average molecular weight is 697 g/mol. The Bertz CT molecular complexity index is 1180. The Morgan fingerprint density at radius 3 is 1.35 bits per heavy atom. The maximum Gasteiger partial charge on any atom is 0.269 e. The van der Waals surface area contributed by atoms with Gasteiger partial charge in [-0.2, -0.15) is 0 Å². The SMILES string of the molecule is C=CCCCCCCCCOc1ccc(C(=O)NNC(=O)c2ccc(OCCCCCCCCCC[Si](C)(C)O[Si](C)(C)C)cc2)cc1. The molecule has 2 N–H and O–H groups in total. The maximum absolute atomic E-state index is 12.5. The molecule has 9 heteroatoms. The summed E-state index contributed by atoms with van der Waals surface area (Å²) in [4.78, 5) is 25.1. The van der Waals surface area contributed by atoms with Crippen molar-refractivity contribution in [2.24, 2.45) is 0 Å². The summed E-state index contributed by atoms with van der Waals surface area (Å²) in [7, 11) is -2.91. The molecule has 7 nitrogen and oxygen atoms in total. The zero-order valence-corrected chi connectivity index (χ0v) is 32.7. The molecule has 0 saturated carbocycles. The molecular formula is C39H64N2O5Si2. The quantitative estimate of drug-likeness (QED) is 0.0442. The zero-order chi connectivity index (χ0) is 35.1. The highest BCUT2D eigenvalue weighted by Gasteiger charge is 2.28. The second kappa shape index (κ2) is 23.5. The van der Waals surface area contributed by atoms with Crippen molar-refractivity contribution < 1.29 is 23.2 Å². The van der Waals surface area contributed by atoms with E-state index in [1.54, 1.807) is 48.5 Å². The van der Waals surface area contributed by atoms with Crippen molar-refractivity contribution in [1.82, 2.24) is 10.9 Å². The summed E-state index contributed by atoms with van der Waals surface area (Å²) in [5, 5.41) is 0. The van der Waals surface area contributed by atoms with Crippen LogP contribution in [-0.4, -0.2) is 41.7 Å². The molecule has 2 amide bonds. The van der Waals surface area contributed by atoms with Gasteiger partial charge in [0.15, 0.2) is 16.6 Å². The first-order valence-electron chi connectivity index (χ1n) is 18.4. The van der Waals surface area contributed by atoms with E-state index in [1.807, 2.05) is 6.08 Å². The van der Waals surface area contributed by atoms with Gasteiger partial charge in [-0.05, 0) is 113 Å². The number of amides is 2. The second-order valence-corrected chi connectivity index (χ2v) is 23.5. The van der Waals surface area contributed by atoms with Gasteiger partial charge in [-0.1, -0.05) is 76.7 Å². The molecule has 0 unspecified atom stereocenters. The van der Waals surface area contributed by atoms with Crippen LogP contribution >= 0.6 is 0 Å². The predicted molar refractivity (Wildman–Crippen MR) is 205 cm³/mol. The Hall–Kier alpha value is -2.89. The van der Waals surface area contributed by atoms with Crippen LogP contribution in [0.4, 0.5) is 0 Å². The number of carbonyl (C=O) groups excluding carboxylic acids is 2. The summed E-state index contributed by atoms with van der Waals surface area (Å²) in [5.41, 5.74) is 5.85. The zero-order valence-electron chi connectivity index (χ0n) is 30.7. The predicted octanol–water partition coefficient (Wildman–Crippen LogP) is 10.6. The minimum absolute atomic E-state index is 0.388. The minimum Gasteiger partial charge on any atom is -0.494 e. The van der Waals surface area contributed by atoms with Gasteiger partial charge in [0.1, 0.15) is 11.5 Å². The van der Waals surface area contributed by atoms with Crippen molar-refractivity contribution in [3.05, 3.63) is 72.3 Å². The molecule has 0 saturated heterocycles. The summed E-state index contributed by atoms with van der Waals surface area (Å²) >= 11 is 0. The molecule has 0 radical (unpaired) electrons. The van der Waals surface area contributed by atoms with Crippen molar-refractivity contribution in [2.45, 2.75) is 135 Å². The Morgan fingerprint density at radius 1 is 0.583 bits per heavy atom. The molecule has 2 aromatic rings. The number of nitrogens with one attached hydrogen (secondary N) is 2. The van der Waals surface area contributed by atoms with Crippen molar-refractivity contribution in [2.75, 3.05) is 13.2 Å². The van der Waals surface area contributed by atoms with Crippen LogP contribution in [0.2, 0.25) is 38.8 Å². The van der Waals surface area contributed by atoms with Gasteiger partial charge in [-0.25, -0.2) is 0 Å². The normalized spacial score (nSPS) is 11.6. The van der Waals surface area contributed by atoms with Gasteiger partial charge in [0.05, 0.1) is 13.2 Å².